The molecule has 7 heteroatoms. The molecule has 37 heavy (non-hydrogen) atoms. The first kappa shape index (κ1) is 24.8. The molecule has 3 spiro atoms. The molecule has 0 aromatic rings. The Morgan fingerprint density at radius 2 is 1.95 bits per heavy atom. The van der Waals surface area contributed by atoms with Crippen molar-refractivity contribution in [2.45, 2.75) is 110 Å². The highest BCUT2D eigenvalue weighted by Crippen LogP contribution is 2.80. The van der Waals surface area contributed by atoms with Crippen molar-refractivity contribution in [3.05, 3.63) is 23.5 Å². The van der Waals surface area contributed by atoms with Crippen LogP contribution in [-0.4, -0.2) is 54.2 Å². The fourth-order valence-corrected chi connectivity index (χ4v) is 10.1. The maximum Gasteiger partial charge on any atom is 0.213 e. The summed E-state index contributed by atoms with van der Waals surface area (Å²) in [6, 6.07) is 0. The van der Waals surface area contributed by atoms with Crippen LogP contribution in [0.5, 0.6) is 0 Å². The second kappa shape index (κ2) is 7.48. The number of allylic oxidation sites excluding steroid dienone is 1. The van der Waals surface area contributed by atoms with Crippen molar-refractivity contribution < 1.29 is 33.6 Å². The first-order valence-electron chi connectivity index (χ1n) is 14.4. The van der Waals surface area contributed by atoms with Crippen LogP contribution in [0.15, 0.2) is 23.5 Å². The third-order valence-corrected chi connectivity index (χ3v) is 11.0. The monoisotopic (exact) mass is 514 g/mol. The number of fused-ring (bicyclic) bond motifs is 1. The van der Waals surface area contributed by atoms with E-state index in [-0.39, 0.29) is 35.2 Å². The molecule has 0 aromatic heterocycles. The summed E-state index contributed by atoms with van der Waals surface area (Å²) >= 11 is 0. The van der Waals surface area contributed by atoms with Gasteiger partial charge in [0, 0.05) is 18.3 Å². The van der Waals surface area contributed by atoms with Crippen molar-refractivity contribution in [1.29, 1.82) is 0 Å². The molecule has 4 heterocycles. The van der Waals surface area contributed by atoms with E-state index in [2.05, 4.69) is 27.4 Å². The summed E-state index contributed by atoms with van der Waals surface area (Å²) in [5.74, 6) is -2.00. The van der Waals surface area contributed by atoms with E-state index in [1.807, 2.05) is 13.8 Å². The lowest BCUT2D eigenvalue weighted by molar-refractivity contribution is -0.527. The average Bonchev–Trinajstić information content (AvgIpc) is 2.94. The van der Waals surface area contributed by atoms with Gasteiger partial charge in [-0.3, -0.25) is 4.79 Å². The number of carbonyl (C=O) groups excluding carboxylic acids is 1. The van der Waals surface area contributed by atoms with E-state index in [4.69, 9.17) is 23.7 Å². The highest BCUT2D eigenvalue weighted by Gasteiger charge is 2.90. The van der Waals surface area contributed by atoms with E-state index in [0.717, 1.165) is 50.7 Å². The molecule has 4 aliphatic heterocycles. The lowest BCUT2D eigenvalue weighted by Crippen LogP contribution is -2.87. The Morgan fingerprint density at radius 3 is 2.70 bits per heavy atom. The molecule has 7 nitrogen and oxygen atoms in total. The minimum Gasteiger partial charge on any atom is -0.469 e. The van der Waals surface area contributed by atoms with E-state index < -0.39 is 34.6 Å². The summed E-state index contributed by atoms with van der Waals surface area (Å²) in [6.07, 6.45) is 4.53. The number of unbranched alkanes of at least 4 members (excludes halogenated alkanes) is 1. The van der Waals surface area contributed by atoms with Crippen molar-refractivity contribution >= 4 is 5.78 Å². The minimum absolute atomic E-state index is 0.0471. The predicted molar refractivity (Wildman–Crippen MR) is 134 cm³/mol. The van der Waals surface area contributed by atoms with Gasteiger partial charge in [-0.1, -0.05) is 33.8 Å². The zero-order valence-corrected chi connectivity index (χ0v) is 22.9. The van der Waals surface area contributed by atoms with Crippen LogP contribution in [0, 0.1) is 34.0 Å². The van der Waals surface area contributed by atoms with Gasteiger partial charge in [-0.15, -0.1) is 0 Å². The minimum atomic E-state index is -1.47. The molecule has 3 saturated carbocycles. The van der Waals surface area contributed by atoms with Gasteiger partial charge in [0.05, 0.1) is 24.7 Å². The molecule has 6 fully saturated rings. The fraction of sp³-hybridized carbons (Fsp3) is 0.833. The van der Waals surface area contributed by atoms with Crippen molar-refractivity contribution in [3.8, 4) is 0 Å². The van der Waals surface area contributed by atoms with Crippen molar-refractivity contribution in [2.75, 3.05) is 13.2 Å². The standard InChI is InChI=1S/C30H42O7/c1-7-8-13-33-20-12-9-17-14-26(3,4)21-23(32)30-29-19(28(21,15-34-30)24(17)35-20)11-10-18(16(2)22(29)31)25(29)36-27(5,6)37-30/h18-21,23,25,32H,2,7-15H2,1,3-6H3/t18-,19-,20+,21+,23-,25+,28-,29-,30+/m0/s1. The summed E-state index contributed by atoms with van der Waals surface area (Å²) in [7, 11) is 0. The van der Waals surface area contributed by atoms with Gasteiger partial charge in [0.15, 0.2) is 17.9 Å². The Labute approximate surface area is 219 Å². The second-order valence-electron chi connectivity index (χ2n) is 13.8. The number of carbonyl (C=O) groups is 1. The number of hydrogen-bond donors (Lipinski definition) is 1. The van der Waals surface area contributed by atoms with E-state index in [1.54, 1.807) is 0 Å². The van der Waals surface area contributed by atoms with Crippen LogP contribution < -0.4 is 0 Å². The van der Waals surface area contributed by atoms with E-state index >= 15 is 0 Å². The van der Waals surface area contributed by atoms with Gasteiger partial charge in [0.25, 0.3) is 0 Å². The fourth-order valence-electron chi connectivity index (χ4n) is 10.1. The number of aliphatic hydroxyl groups excluding tert-OH is 1. The van der Waals surface area contributed by atoms with Crippen LogP contribution in [0.3, 0.4) is 0 Å². The number of ketones is 1. The molecule has 4 aliphatic carbocycles. The lowest BCUT2D eigenvalue weighted by Gasteiger charge is -2.77. The number of rotatable bonds is 4. The Hall–Kier alpha value is -1.25. The maximum absolute atomic E-state index is 14.4. The highest BCUT2D eigenvalue weighted by molar-refractivity contribution is 6.05. The molecule has 204 valence electrons. The number of aliphatic hydroxyl groups is 1. The van der Waals surface area contributed by atoms with Gasteiger partial charge in [0.1, 0.15) is 17.3 Å². The molecule has 0 amide bonds. The molecule has 4 bridgehead atoms. The Balaban J connectivity index is 1.43. The molecule has 0 radical (unpaired) electrons. The number of ether oxygens (including phenoxy) is 5. The zero-order chi connectivity index (χ0) is 26.2. The van der Waals surface area contributed by atoms with Crippen LogP contribution in [0.25, 0.3) is 0 Å². The van der Waals surface area contributed by atoms with Gasteiger partial charge in [0.2, 0.25) is 5.79 Å². The number of Topliss-reactive ketones (excluding diaryl/α,β-unsaturated/α-hetero) is 1. The van der Waals surface area contributed by atoms with Gasteiger partial charge < -0.3 is 28.8 Å². The molecule has 0 unspecified atom stereocenters. The quantitative estimate of drug-likeness (QED) is 0.433. The van der Waals surface area contributed by atoms with E-state index in [1.165, 1.54) is 5.57 Å². The van der Waals surface area contributed by atoms with Crippen LogP contribution in [0.1, 0.15) is 79.6 Å². The normalized spacial score (nSPS) is 50.3. The van der Waals surface area contributed by atoms with Crippen LogP contribution in [-0.2, 0) is 28.5 Å². The van der Waals surface area contributed by atoms with E-state index in [0.29, 0.717) is 18.8 Å². The van der Waals surface area contributed by atoms with Crippen molar-refractivity contribution in [1.82, 2.24) is 0 Å². The first-order chi connectivity index (χ1) is 17.5. The SMILES string of the molecule is C=C1C(=O)[C@@]23[C@@H]4OC(C)(C)O[C@@]25OC[C@]2(C6=C(CC[C@H](OCCCC)O6)CC(C)(C)[C@H]2[C@@H]5O)[C@@H]3CC[C@@H]14. The summed E-state index contributed by atoms with van der Waals surface area (Å²) in [5, 5.41) is 12.4. The highest BCUT2D eigenvalue weighted by atomic mass is 16.8. The Morgan fingerprint density at radius 1 is 1.16 bits per heavy atom. The summed E-state index contributed by atoms with van der Waals surface area (Å²) < 4.78 is 33.0. The smallest absolute Gasteiger partial charge is 0.213 e. The molecule has 8 rings (SSSR count). The van der Waals surface area contributed by atoms with Gasteiger partial charge in [-0.05, 0) is 68.4 Å². The summed E-state index contributed by atoms with van der Waals surface area (Å²) in [5.41, 5.74) is -0.130. The molecule has 9 atom stereocenters. The maximum atomic E-state index is 14.4. The molecule has 1 N–H and O–H groups in total. The van der Waals surface area contributed by atoms with E-state index in [9.17, 15) is 9.90 Å². The third kappa shape index (κ3) is 2.69. The zero-order valence-electron chi connectivity index (χ0n) is 22.9. The predicted octanol–water partition coefficient (Wildman–Crippen LogP) is 4.63. The van der Waals surface area contributed by atoms with Crippen LogP contribution >= 0.6 is 0 Å². The molecular formula is C30H42O7. The average molecular weight is 515 g/mol. The van der Waals surface area contributed by atoms with Crippen molar-refractivity contribution in [2.24, 2.45) is 34.0 Å². The summed E-state index contributed by atoms with van der Waals surface area (Å²) in [4.78, 5) is 14.4. The van der Waals surface area contributed by atoms with Crippen LogP contribution in [0.4, 0.5) is 0 Å². The summed E-state index contributed by atoms with van der Waals surface area (Å²) in [6.45, 7) is 15.7. The largest absolute Gasteiger partial charge is 0.469 e. The van der Waals surface area contributed by atoms with Gasteiger partial charge in [-0.2, -0.15) is 0 Å². The lowest BCUT2D eigenvalue weighted by atomic mass is 9.36. The van der Waals surface area contributed by atoms with Gasteiger partial charge >= 0.3 is 0 Å². The number of hydrogen-bond acceptors (Lipinski definition) is 7. The molecular weight excluding hydrogens is 472 g/mol. The topological polar surface area (TPSA) is 83.5 Å². The first-order valence-corrected chi connectivity index (χ1v) is 14.4. The van der Waals surface area contributed by atoms with Crippen LogP contribution in [0.2, 0.25) is 0 Å². The molecule has 0 aromatic carbocycles. The third-order valence-electron chi connectivity index (χ3n) is 11.0. The van der Waals surface area contributed by atoms with Crippen molar-refractivity contribution in [3.63, 3.8) is 0 Å². The van der Waals surface area contributed by atoms with Gasteiger partial charge in [-0.25, -0.2) is 0 Å². The second-order valence-corrected chi connectivity index (χ2v) is 13.8. The molecule has 3 saturated heterocycles. The Bertz CT molecular complexity index is 1090. The Kier molecular flexibility index (Phi) is 5.01. The molecule has 8 aliphatic rings.